The Kier molecular flexibility index (Phi) is 2.75. The summed E-state index contributed by atoms with van der Waals surface area (Å²) in [5, 5.41) is 10.9. The fourth-order valence-electron chi connectivity index (χ4n) is 4.57. The fourth-order valence-corrected chi connectivity index (χ4v) is 4.89. The number of fused-ring (bicyclic) bond motifs is 6. The summed E-state index contributed by atoms with van der Waals surface area (Å²) >= 11 is 12.2. The maximum Gasteiger partial charge on any atom is 0.316 e. The second kappa shape index (κ2) is 4.17. The largest absolute Gasteiger partial charge is 0.481 e. The first-order valence-corrected chi connectivity index (χ1v) is 8.32. The Labute approximate surface area is 143 Å². The van der Waals surface area contributed by atoms with Crippen LogP contribution < -0.4 is 0 Å². The molecule has 0 saturated heterocycles. The third-order valence-corrected chi connectivity index (χ3v) is 7.17. The van der Waals surface area contributed by atoms with E-state index >= 15 is 0 Å². The molecule has 0 spiro atoms. The number of carbonyl (C=O) groups is 1. The number of rotatable bonds is 1. The first kappa shape index (κ1) is 15.2. The van der Waals surface area contributed by atoms with Gasteiger partial charge in [-0.25, -0.2) is 9.97 Å². The average Bonchev–Trinajstić information content (AvgIpc) is 2.75. The number of benzene rings is 1. The minimum absolute atomic E-state index is 0.311. The van der Waals surface area contributed by atoms with E-state index in [2.05, 4.69) is 11.9 Å². The lowest BCUT2D eigenvalue weighted by molar-refractivity contribution is -0.148. The van der Waals surface area contributed by atoms with E-state index in [0.717, 1.165) is 12.1 Å². The van der Waals surface area contributed by atoms with E-state index in [1.807, 2.05) is 13.8 Å². The van der Waals surface area contributed by atoms with Crippen LogP contribution in [0.5, 0.6) is 0 Å². The molecule has 1 heterocycles. The second-order valence-corrected chi connectivity index (χ2v) is 8.16. The van der Waals surface area contributed by atoms with Gasteiger partial charge in [0, 0.05) is 5.41 Å². The van der Waals surface area contributed by atoms with E-state index in [1.54, 1.807) is 12.1 Å². The van der Waals surface area contributed by atoms with Crippen molar-refractivity contribution in [3.63, 3.8) is 0 Å². The van der Waals surface area contributed by atoms with Gasteiger partial charge in [-0.05, 0) is 30.4 Å². The maximum absolute atomic E-state index is 12.2. The monoisotopic (exact) mass is 350 g/mol. The van der Waals surface area contributed by atoms with Crippen LogP contribution >= 0.6 is 23.2 Å². The zero-order valence-corrected chi connectivity index (χ0v) is 14.6. The summed E-state index contributed by atoms with van der Waals surface area (Å²) in [5.41, 5.74) is 0.864. The van der Waals surface area contributed by atoms with Crippen LogP contribution in [0.15, 0.2) is 12.1 Å². The number of halogens is 2. The molecule has 2 aliphatic rings. The zero-order chi connectivity index (χ0) is 16.8. The van der Waals surface area contributed by atoms with Crippen molar-refractivity contribution in [3.8, 4) is 0 Å². The summed E-state index contributed by atoms with van der Waals surface area (Å²) in [4.78, 5) is 21.7. The standard InChI is InChI=1S/C17H16Cl2N2O2/c1-15(2)16(3)4-5-17(15,14(22)23)13-12(16)20-10-6-8(18)9(19)7-11(10)21-13/h6-7H,4-5H2,1-3H3,(H,22,23). The highest BCUT2D eigenvalue weighted by Gasteiger charge is 2.73. The van der Waals surface area contributed by atoms with Gasteiger partial charge in [0.1, 0.15) is 5.41 Å². The number of nitrogens with zero attached hydrogens (tertiary/aromatic N) is 2. The molecule has 2 aromatic rings. The summed E-state index contributed by atoms with van der Waals surface area (Å²) < 4.78 is 0. The molecule has 2 bridgehead atoms. The van der Waals surface area contributed by atoms with E-state index in [0.29, 0.717) is 33.2 Å². The molecular formula is C17H16Cl2N2O2. The van der Waals surface area contributed by atoms with Gasteiger partial charge in [-0.2, -0.15) is 0 Å². The van der Waals surface area contributed by atoms with E-state index in [4.69, 9.17) is 28.2 Å². The van der Waals surface area contributed by atoms with Gasteiger partial charge in [0.05, 0.1) is 32.5 Å². The Hall–Kier alpha value is -1.39. The molecule has 1 saturated carbocycles. The van der Waals surface area contributed by atoms with Gasteiger partial charge in [0.15, 0.2) is 0 Å². The minimum Gasteiger partial charge on any atom is -0.481 e. The number of carboxylic acids is 1. The number of aromatic nitrogens is 2. The van der Waals surface area contributed by atoms with Crippen molar-refractivity contribution in [1.29, 1.82) is 0 Å². The van der Waals surface area contributed by atoms with Gasteiger partial charge in [0.2, 0.25) is 0 Å². The lowest BCUT2D eigenvalue weighted by Gasteiger charge is -2.37. The Morgan fingerprint density at radius 1 is 1.04 bits per heavy atom. The number of carboxylic acid groups (broad SMARTS) is 1. The van der Waals surface area contributed by atoms with E-state index in [-0.39, 0.29) is 5.41 Å². The molecule has 0 radical (unpaired) electrons. The van der Waals surface area contributed by atoms with Crippen molar-refractivity contribution in [2.75, 3.05) is 0 Å². The molecule has 120 valence electrons. The van der Waals surface area contributed by atoms with Crippen LogP contribution in [0.4, 0.5) is 0 Å². The smallest absolute Gasteiger partial charge is 0.316 e. The van der Waals surface area contributed by atoms with Gasteiger partial charge >= 0.3 is 5.97 Å². The van der Waals surface area contributed by atoms with Gasteiger partial charge < -0.3 is 5.11 Å². The third-order valence-electron chi connectivity index (χ3n) is 6.44. The predicted molar refractivity (Wildman–Crippen MR) is 89.2 cm³/mol. The highest BCUT2D eigenvalue weighted by molar-refractivity contribution is 6.42. The predicted octanol–water partition coefficient (Wildman–Crippen LogP) is 4.35. The van der Waals surface area contributed by atoms with Crippen LogP contribution in [0.25, 0.3) is 11.0 Å². The van der Waals surface area contributed by atoms with Crippen molar-refractivity contribution in [2.45, 2.75) is 44.4 Å². The molecule has 2 atom stereocenters. The third kappa shape index (κ3) is 1.47. The molecule has 2 aliphatic carbocycles. The van der Waals surface area contributed by atoms with Crippen molar-refractivity contribution in [2.24, 2.45) is 5.41 Å². The average molecular weight is 351 g/mol. The molecule has 0 amide bonds. The number of aliphatic carboxylic acids is 1. The van der Waals surface area contributed by atoms with Crippen LogP contribution in [-0.2, 0) is 15.6 Å². The summed E-state index contributed by atoms with van der Waals surface area (Å²) in [5.74, 6) is -0.821. The molecule has 23 heavy (non-hydrogen) atoms. The van der Waals surface area contributed by atoms with Crippen LogP contribution in [0.1, 0.15) is 45.0 Å². The maximum atomic E-state index is 12.2. The Bertz CT molecular complexity index is 896. The lowest BCUT2D eigenvalue weighted by Crippen LogP contribution is -2.45. The van der Waals surface area contributed by atoms with E-state index in [9.17, 15) is 9.90 Å². The van der Waals surface area contributed by atoms with Crippen molar-refractivity contribution < 1.29 is 9.90 Å². The van der Waals surface area contributed by atoms with Gasteiger partial charge in [-0.15, -0.1) is 0 Å². The summed E-state index contributed by atoms with van der Waals surface area (Å²) in [7, 11) is 0. The van der Waals surface area contributed by atoms with Crippen molar-refractivity contribution in [1.82, 2.24) is 9.97 Å². The van der Waals surface area contributed by atoms with Crippen LogP contribution in [0.2, 0.25) is 10.0 Å². The van der Waals surface area contributed by atoms with Gasteiger partial charge in [-0.1, -0.05) is 44.0 Å². The molecule has 1 aromatic heterocycles. The highest BCUT2D eigenvalue weighted by atomic mass is 35.5. The molecular weight excluding hydrogens is 335 g/mol. The Morgan fingerprint density at radius 3 is 2.09 bits per heavy atom. The first-order valence-electron chi connectivity index (χ1n) is 7.56. The molecule has 4 nitrogen and oxygen atoms in total. The molecule has 1 fully saturated rings. The molecule has 6 heteroatoms. The molecule has 2 unspecified atom stereocenters. The zero-order valence-electron chi connectivity index (χ0n) is 13.1. The van der Waals surface area contributed by atoms with Crippen LogP contribution in [0, 0.1) is 5.41 Å². The number of hydrogen-bond donors (Lipinski definition) is 1. The fraction of sp³-hybridized carbons (Fsp3) is 0.471. The van der Waals surface area contributed by atoms with Crippen LogP contribution in [0.3, 0.4) is 0 Å². The quantitative estimate of drug-likeness (QED) is 0.830. The van der Waals surface area contributed by atoms with Gasteiger partial charge in [-0.3, -0.25) is 4.79 Å². The molecule has 1 N–H and O–H groups in total. The summed E-state index contributed by atoms with van der Waals surface area (Å²) in [6, 6.07) is 3.35. The summed E-state index contributed by atoms with van der Waals surface area (Å²) in [6.45, 7) is 6.13. The first-order chi connectivity index (χ1) is 10.6. The van der Waals surface area contributed by atoms with E-state index in [1.165, 1.54) is 0 Å². The lowest BCUT2D eigenvalue weighted by atomic mass is 9.64. The molecule has 1 aromatic carbocycles. The second-order valence-electron chi connectivity index (χ2n) is 7.34. The van der Waals surface area contributed by atoms with Crippen molar-refractivity contribution in [3.05, 3.63) is 33.6 Å². The van der Waals surface area contributed by atoms with Crippen molar-refractivity contribution >= 4 is 40.2 Å². The van der Waals surface area contributed by atoms with Crippen LogP contribution in [-0.4, -0.2) is 21.0 Å². The highest BCUT2D eigenvalue weighted by Crippen LogP contribution is 2.70. The number of hydrogen-bond acceptors (Lipinski definition) is 3. The van der Waals surface area contributed by atoms with Gasteiger partial charge in [0.25, 0.3) is 0 Å². The molecule has 0 aliphatic heterocycles. The Morgan fingerprint density at radius 2 is 1.57 bits per heavy atom. The van der Waals surface area contributed by atoms with E-state index < -0.39 is 16.8 Å². The normalized spacial score (nSPS) is 30.7. The Balaban J connectivity index is 2.13. The summed E-state index contributed by atoms with van der Waals surface area (Å²) in [6.07, 6.45) is 1.38. The SMILES string of the molecule is CC12CCC(C(=O)O)(c3nc4cc(Cl)c(Cl)cc4nc31)C2(C)C. The minimum atomic E-state index is -0.996. The topological polar surface area (TPSA) is 63.1 Å². The molecule has 4 rings (SSSR count).